The fourth-order valence-corrected chi connectivity index (χ4v) is 5.72. The van der Waals surface area contributed by atoms with Gasteiger partial charge in [0.05, 0.1) is 21.4 Å². The molecule has 0 unspecified atom stereocenters. The van der Waals surface area contributed by atoms with Crippen LogP contribution in [-0.4, -0.2) is 46.1 Å². The molecule has 0 radical (unpaired) electrons. The predicted molar refractivity (Wildman–Crippen MR) is 160 cm³/mol. The minimum Gasteiger partial charge on any atom is -0.543 e. The number of nitrogens with zero attached hydrogens (tertiary/aromatic N) is 3. The normalized spacial score (nSPS) is 13.2. The number of hydrogen-bond donors (Lipinski definition) is 0. The van der Waals surface area contributed by atoms with E-state index in [1.54, 1.807) is 0 Å². The van der Waals surface area contributed by atoms with Crippen LogP contribution in [0.5, 0.6) is 5.75 Å². The van der Waals surface area contributed by atoms with E-state index in [0.29, 0.717) is 28.2 Å². The monoisotopic (exact) mass is 569 g/mol. The zero-order valence-electron chi connectivity index (χ0n) is 24.8. The van der Waals surface area contributed by atoms with Crippen molar-refractivity contribution in [1.82, 2.24) is 14.3 Å². The van der Waals surface area contributed by atoms with Crippen molar-refractivity contribution in [3.63, 3.8) is 0 Å². The van der Waals surface area contributed by atoms with E-state index in [1.165, 1.54) is 20.6 Å². The van der Waals surface area contributed by atoms with Gasteiger partial charge in [0.15, 0.2) is 0 Å². The van der Waals surface area contributed by atoms with Gasteiger partial charge in [-0.15, -0.1) is 11.3 Å². The Morgan fingerprint density at radius 1 is 0.846 bits per heavy atom. The number of carbonyl (C=O) groups excluding carboxylic acids is 2. The highest BCUT2D eigenvalue weighted by atomic mass is 32.1. The van der Waals surface area contributed by atoms with E-state index in [1.807, 2.05) is 77.3 Å². The van der Waals surface area contributed by atoms with Crippen LogP contribution in [0.4, 0.5) is 9.59 Å². The van der Waals surface area contributed by atoms with Crippen LogP contribution in [0.15, 0.2) is 35.7 Å². The summed E-state index contributed by atoms with van der Waals surface area (Å²) >= 11 is 1.45. The van der Waals surface area contributed by atoms with E-state index >= 15 is 0 Å². The summed E-state index contributed by atoms with van der Waals surface area (Å²) in [5.41, 5.74) is 0.892. The molecule has 39 heavy (non-hydrogen) atoms. The maximum atomic E-state index is 13.7. The summed E-state index contributed by atoms with van der Waals surface area (Å²) in [4.78, 5) is 26.7. The van der Waals surface area contributed by atoms with Gasteiger partial charge in [0.25, 0.3) is 0 Å². The molecule has 0 aliphatic carbocycles. The Balaban J connectivity index is 1.92. The summed E-state index contributed by atoms with van der Waals surface area (Å²) in [6.45, 7) is 21.9. The Hall–Kier alpha value is -3.11. The molecule has 0 bridgehead atoms. The summed E-state index contributed by atoms with van der Waals surface area (Å²) < 4.78 is 21.5. The van der Waals surface area contributed by atoms with E-state index in [4.69, 9.17) is 13.9 Å². The van der Waals surface area contributed by atoms with Gasteiger partial charge in [0.2, 0.25) is 8.32 Å². The lowest BCUT2D eigenvalue weighted by molar-refractivity contribution is 0.0520. The van der Waals surface area contributed by atoms with Crippen molar-refractivity contribution in [3.8, 4) is 17.1 Å². The van der Waals surface area contributed by atoms with Crippen LogP contribution in [0.1, 0.15) is 62.3 Å². The molecule has 0 spiro atoms. The minimum absolute atomic E-state index is 0.0134. The molecule has 0 aliphatic rings. The second-order valence-electron chi connectivity index (χ2n) is 13.3. The van der Waals surface area contributed by atoms with Gasteiger partial charge in [-0.2, -0.15) is 9.78 Å². The third-order valence-electron chi connectivity index (χ3n) is 6.63. The van der Waals surface area contributed by atoms with Crippen molar-refractivity contribution < 1.29 is 23.5 Å². The van der Waals surface area contributed by atoms with Crippen LogP contribution in [0.3, 0.4) is 0 Å². The average Bonchev–Trinajstić information content (AvgIpc) is 3.42. The van der Waals surface area contributed by atoms with Gasteiger partial charge in [-0.1, -0.05) is 20.8 Å². The standard InChI is InChI=1S/C29H39N3O5SSi/c1-27(2,3)35-25(33)31-21-17-19(37-39(10,11)29(7,8)9)13-12-18(21)16-22(31)23-24-20(14-15-38-24)32(30-23)26(34)36-28(4,5)6/h12-17H,1-11H3. The van der Waals surface area contributed by atoms with Crippen molar-refractivity contribution >= 4 is 53.0 Å². The molecule has 10 heteroatoms. The number of thiophene rings is 1. The van der Waals surface area contributed by atoms with Gasteiger partial charge in [-0.25, -0.2) is 14.2 Å². The van der Waals surface area contributed by atoms with Gasteiger partial charge in [-0.05, 0) is 89.3 Å². The molecule has 8 nitrogen and oxygen atoms in total. The Bertz CT molecular complexity index is 1560. The maximum Gasteiger partial charge on any atom is 0.435 e. The molecule has 0 saturated carbocycles. The van der Waals surface area contributed by atoms with Gasteiger partial charge in [0, 0.05) is 11.5 Å². The zero-order chi connectivity index (χ0) is 29.1. The number of rotatable bonds is 3. The molecular weight excluding hydrogens is 530 g/mol. The molecule has 1 aromatic carbocycles. The first-order valence-corrected chi connectivity index (χ1v) is 16.8. The van der Waals surface area contributed by atoms with Crippen LogP contribution in [-0.2, 0) is 9.47 Å². The van der Waals surface area contributed by atoms with Crippen LogP contribution >= 0.6 is 11.3 Å². The first kappa shape index (κ1) is 28.9. The van der Waals surface area contributed by atoms with Gasteiger partial charge in [-0.3, -0.25) is 0 Å². The molecule has 0 amide bonds. The summed E-state index contributed by atoms with van der Waals surface area (Å²) in [5.74, 6) is 0.698. The molecule has 0 atom stereocenters. The Labute approximate surface area is 235 Å². The molecule has 4 aromatic rings. The highest BCUT2D eigenvalue weighted by Gasteiger charge is 2.39. The molecule has 4 rings (SSSR count). The average molecular weight is 570 g/mol. The topological polar surface area (TPSA) is 84.6 Å². The molecule has 3 heterocycles. The van der Waals surface area contributed by atoms with Crippen LogP contribution in [0.25, 0.3) is 32.5 Å². The molecule has 0 N–H and O–H groups in total. The third kappa shape index (κ3) is 5.91. The molecule has 0 saturated heterocycles. The Morgan fingerprint density at radius 3 is 2.05 bits per heavy atom. The van der Waals surface area contributed by atoms with Crippen LogP contribution in [0, 0.1) is 0 Å². The Morgan fingerprint density at radius 2 is 1.46 bits per heavy atom. The van der Waals surface area contributed by atoms with E-state index in [2.05, 4.69) is 39.0 Å². The number of carbonyl (C=O) groups is 2. The van der Waals surface area contributed by atoms with Crippen LogP contribution in [0.2, 0.25) is 18.1 Å². The van der Waals surface area contributed by atoms with Gasteiger partial charge < -0.3 is 13.9 Å². The first-order valence-electron chi connectivity index (χ1n) is 13.1. The molecule has 0 fully saturated rings. The molecule has 3 aromatic heterocycles. The van der Waals surface area contributed by atoms with Gasteiger partial charge >= 0.3 is 12.2 Å². The second kappa shape index (κ2) is 9.52. The van der Waals surface area contributed by atoms with E-state index in [0.717, 1.165) is 10.1 Å². The molecule has 210 valence electrons. The van der Waals surface area contributed by atoms with Crippen LogP contribution < -0.4 is 4.43 Å². The highest BCUT2D eigenvalue weighted by molar-refractivity contribution is 7.17. The van der Waals surface area contributed by atoms with Gasteiger partial charge in [0.1, 0.15) is 22.6 Å². The highest BCUT2D eigenvalue weighted by Crippen LogP contribution is 2.40. The maximum absolute atomic E-state index is 13.7. The fourth-order valence-electron chi connectivity index (χ4n) is 3.83. The summed E-state index contributed by atoms with van der Waals surface area (Å²) in [7, 11) is -2.12. The van der Waals surface area contributed by atoms with E-state index in [9.17, 15) is 9.59 Å². The summed E-state index contributed by atoms with van der Waals surface area (Å²) in [6.07, 6.45) is -1.12. The lowest BCUT2D eigenvalue weighted by Gasteiger charge is -2.36. The molecular formula is C29H39N3O5SSi. The number of hydrogen-bond acceptors (Lipinski definition) is 7. The predicted octanol–water partition coefficient (Wildman–Crippen LogP) is 8.67. The zero-order valence-corrected chi connectivity index (χ0v) is 26.6. The molecule has 0 aliphatic heterocycles. The lowest BCUT2D eigenvalue weighted by atomic mass is 10.2. The summed E-state index contributed by atoms with van der Waals surface area (Å²) in [6, 6.07) is 9.49. The minimum atomic E-state index is -2.12. The smallest absolute Gasteiger partial charge is 0.435 e. The second-order valence-corrected chi connectivity index (χ2v) is 18.9. The SMILES string of the molecule is CC(C)(C)OC(=O)n1nc(-c2cc3ccc(O[Si](C)(C)C(C)(C)C)cc3n2C(=O)OC(C)(C)C)c2sccc21. The van der Waals surface area contributed by atoms with Crippen molar-refractivity contribution in [2.75, 3.05) is 0 Å². The van der Waals surface area contributed by atoms with Crippen molar-refractivity contribution in [3.05, 3.63) is 35.7 Å². The fraction of sp³-hybridized carbons (Fsp3) is 0.483. The van der Waals surface area contributed by atoms with Crippen molar-refractivity contribution in [1.29, 1.82) is 0 Å². The largest absolute Gasteiger partial charge is 0.543 e. The number of ether oxygens (including phenoxy) is 2. The first-order chi connectivity index (χ1) is 17.8. The van der Waals surface area contributed by atoms with Crippen molar-refractivity contribution in [2.45, 2.75) is 91.6 Å². The van der Waals surface area contributed by atoms with E-state index < -0.39 is 31.7 Å². The Kier molecular flexibility index (Phi) is 7.05. The number of fused-ring (bicyclic) bond motifs is 2. The van der Waals surface area contributed by atoms with E-state index in [-0.39, 0.29) is 5.04 Å². The quantitative estimate of drug-likeness (QED) is 0.230. The number of aromatic nitrogens is 3. The summed E-state index contributed by atoms with van der Waals surface area (Å²) in [5, 5.41) is 7.39. The third-order valence-corrected chi connectivity index (χ3v) is 11.9. The number of benzene rings is 1. The van der Waals surface area contributed by atoms with Crippen molar-refractivity contribution in [2.24, 2.45) is 0 Å². The lowest BCUT2D eigenvalue weighted by Crippen LogP contribution is -2.43.